The number of fused-ring (bicyclic) bond motifs is 1. The van der Waals surface area contributed by atoms with Gasteiger partial charge in [-0.1, -0.05) is 12.1 Å². The SMILES string of the molecule is COc1cc(C(F)(F)F)cc2c1OCN(C(=O)[C@@]1(C3CC3)CC[C@@H](N3CC[C@@H](c4ccc(F)cc4)[C@H](C(=O)O)C3)CO1)C2. The number of amides is 1. The first-order valence-corrected chi connectivity index (χ1v) is 14.6. The third-order valence-corrected chi connectivity index (χ3v) is 9.45. The predicted octanol–water partition coefficient (Wildman–Crippen LogP) is 5.05. The van der Waals surface area contributed by atoms with Crippen LogP contribution in [-0.2, 0) is 27.0 Å². The molecule has 3 heterocycles. The standard InChI is InChI=1S/C31H34F4N2O6/c1-41-26-13-21(31(33,34)35)12-19-14-37(17-42-27(19)26)29(40)30(20-4-5-20)10-8-23(16-43-30)36-11-9-24(25(15-36)28(38)39)18-2-6-22(32)7-3-18/h2-3,6-7,12-13,20,23-25H,4-5,8-11,14-17H2,1H3,(H,38,39)/t23-,24+,25-,30+/m1/s1. The van der Waals surface area contributed by atoms with E-state index < -0.39 is 29.2 Å². The van der Waals surface area contributed by atoms with Crippen LogP contribution in [0, 0.1) is 17.7 Å². The molecular weight excluding hydrogens is 572 g/mol. The van der Waals surface area contributed by atoms with Gasteiger partial charge in [0.1, 0.15) is 11.4 Å². The third-order valence-electron chi connectivity index (χ3n) is 9.45. The summed E-state index contributed by atoms with van der Waals surface area (Å²) in [6.45, 7) is 1.01. The molecule has 232 valence electrons. The van der Waals surface area contributed by atoms with E-state index in [9.17, 15) is 32.3 Å². The van der Waals surface area contributed by atoms with Gasteiger partial charge < -0.3 is 24.2 Å². The Morgan fingerprint density at radius 2 is 1.84 bits per heavy atom. The molecule has 43 heavy (non-hydrogen) atoms. The Labute approximate surface area is 246 Å². The summed E-state index contributed by atoms with van der Waals surface area (Å²) in [5.41, 5.74) is -0.953. The topological polar surface area (TPSA) is 88.5 Å². The molecule has 8 nitrogen and oxygen atoms in total. The molecule has 3 aliphatic heterocycles. The van der Waals surface area contributed by atoms with Crippen molar-refractivity contribution in [2.24, 2.45) is 11.8 Å². The largest absolute Gasteiger partial charge is 0.493 e. The normalized spacial score (nSPS) is 28.1. The second-order valence-corrected chi connectivity index (χ2v) is 12.0. The van der Waals surface area contributed by atoms with Crippen molar-refractivity contribution in [3.05, 3.63) is 58.9 Å². The third kappa shape index (κ3) is 5.66. The van der Waals surface area contributed by atoms with E-state index in [0.717, 1.165) is 30.5 Å². The van der Waals surface area contributed by atoms with E-state index in [1.807, 2.05) is 0 Å². The molecule has 0 radical (unpaired) electrons. The second-order valence-electron chi connectivity index (χ2n) is 12.0. The van der Waals surface area contributed by atoms with Gasteiger partial charge >= 0.3 is 12.1 Å². The van der Waals surface area contributed by atoms with Crippen molar-refractivity contribution in [1.82, 2.24) is 9.80 Å². The number of ether oxygens (including phenoxy) is 3. The van der Waals surface area contributed by atoms with Gasteiger partial charge in [0.05, 0.1) is 31.7 Å². The van der Waals surface area contributed by atoms with Crippen LogP contribution in [0.1, 0.15) is 54.7 Å². The van der Waals surface area contributed by atoms with E-state index in [2.05, 4.69) is 4.90 Å². The molecule has 2 aromatic rings. The Balaban J connectivity index is 1.15. The number of likely N-dealkylation sites (tertiary alicyclic amines) is 1. The zero-order valence-corrected chi connectivity index (χ0v) is 23.7. The molecule has 1 amide bonds. The van der Waals surface area contributed by atoms with Crippen LogP contribution in [0.15, 0.2) is 36.4 Å². The van der Waals surface area contributed by atoms with Crippen molar-refractivity contribution in [1.29, 1.82) is 0 Å². The quantitative estimate of drug-likeness (QED) is 0.461. The van der Waals surface area contributed by atoms with Gasteiger partial charge in [0.2, 0.25) is 0 Å². The molecular formula is C31H34F4N2O6. The molecule has 4 aliphatic rings. The number of carboxylic acids is 1. The van der Waals surface area contributed by atoms with Crippen LogP contribution in [0.5, 0.6) is 11.5 Å². The van der Waals surface area contributed by atoms with Crippen molar-refractivity contribution in [3.8, 4) is 11.5 Å². The van der Waals surface area contributed by atoms with Crippen LogP contribution >= 0.6 is 0 Å². The number of nitrogens with zero attached hydrogens (tertiary/aromatic N) is 2. The molecule has 0 spiro atoms. The average molecular weight is 607 g/mol. The van der Waals surface area contributed by atoms with Crippen LogP contribution in [0.25, 0.3) is 0 Å². The van der Waals surface area contributed by atoms with Gasteiger partial charge in [0.15, 0.2) is 18.2 Å². The lowest BCUT2D eigenvalue weighted by Gasteiger charge is -2.47. The summed E-state index contributed by atoms with van der Waals surface area (Å²) in [6.07, 6.45) is -1.31. The smallest absolute Gasteiger partial charge is 0.416 e. The molecule has 2 aromatic carbocycles. The fourth-order valence-electron chi connectivity index (χ4n) is 7.00. The van der Waals surface area contributed by atoms with Crippen LogP contribution in [-0.4, -0.2) is 72.0 Å². The Hall–Kier alpha value is -3.38. The summed E-state index contributed by atoms with van der Waals surface area (Å²) in [4.78, 5) is 29.8. The number of halogens is 4. The predicted molar refractivity (Wildman–Crippen MR) is 145 cm³/mol. The van der Waals surface area contributed by atoms with Gasteiger partial charge in [-0.2, -0.15) is 13.2 Å². The molecule has 4 atom stereocenters. The number of carbonyl (C=O) groups excluding carboxylic acids is 1. The van der Waals surface area contributed by atoms with E-state index >= 15 is 0 Å². The number of hydrogen-bond acceptors (Lipinski definition) is 6. The van der Waals surface area contributed by atoms with Crippen molar-refractivity contribution >= 4 is 11.9 Å². The number of methoxy groups -OCH3 is 1. The van der Waals surface area contributed by atoms with Crippen molar-refractivity contribution in [2.45, 2.75) is 62.4 Å². The van der Waals surface area contributed by atoms with E-state index in [0.29, 0.717) is 32.4 Å². The molecule has 6 rings (SSSR count). The van der Waals surface area contributed by atoms with Gasteiger partial charge in [0.25, 0.3) is 5.91 Å². The van der Waals surface area contributed by atoms with Crippen molar-refractivity contribution in [3.63, 3.8) is 0 Å². The second kappa shape index (κ2) is 11.3. The Morgan fingerprint density at radius 3 is 2.44 bits per heavy atom. The number of rotatable bonds is 6. The number of hydrogen-bond donors (Lipinski definition) is 1. The van der Waals surface area contributed by atoms with Gasteiger partial charge in [-0.25, -0.2) is 4.39 Å². The highest BCUT2D eigenvalue weighted by Crippen LogP contribution is 2.49. The molecule has 1 N–H and O–H groups in total. The highest BCUT2D eigenvalue weighted by molar-refractivity contribution is 5.86. The zero-order chi connectivity index (χ0) is 30.5. The van der Waals surface area contributed by atoms with E-state index in [-0.39, 0.29) is 66.5 Å². The van der Waals surface area contributed by atoms with Crippen LogP contribution in [0.4, 0.5) is 17.6 Å². The molecule has 2 saturated heterocycles. The molecule has 3 fully saturated rings. The molecule has 0 unspecified atom stereocenters. The minimum Gasteiger partial charge on any atom is -0.493 e. The van der Waals surface area contributed by atoms with E-state index in [4.69, 9.17) is 14.2 Å². The fourth-order valence-corrected chi connectivity index (χ4v) is 7.00. The summed E-state index contributed by atoms with van der Waals surface area (Å²) >= 11 is 0. The maximum Gasteiger partial charge on any atom is 0.416 e. The zero-order valence-electron chi connectivity index (χ0n) is 23.7. The molecule has 0 aromatic heterocycles. The summed E-state index contributed by atoms with van der Waals surface area (Å²) in [5, 5.41) is 10.0. The monoisotopic (exact) mass is 606 g/mol. The highest BCUT2D eigenvalue weighted by Gasteiger charge is 2.56. The number of benzene rings is 2. The molecule has 1 saturated carbocycles. The van der Waals surface area contributed by atoms with Crippen LogP contribution in [0.2, 0.25) is 0 Å². The first-order chi connectivity index (χ1) is 20.5. The summed E-state index contributed by atoms with van der Waals surface area (Å²) in [5.74, 6) is -2.30. The Kier molecular flexibility index (Phi) is 7.78. The number of alkyl halides is 3. The lowest BCUT2D eigenvalue weighted by molar-refractivity contribution is -0.181. The lowest BCUT2D eigenvalue weighted by atomic mass is 9.79. The molecule has 0 bridgehead atoms. The first-order valence-electron chi connectivity index (χ1n) is 14.6. The Bertz CT molecular complexity index is 1370. The Morgan fingerprint density at radius 1 is 1.09 bits per heavy atom. The van der Waals surface area contributed by atoms with E-state index in [1.165, 1.54) is 24.1 Å². The minimum atomic E-state index is -4.58. The average Bonchev–Trinajstić information content (AvgIpc) is 3.86. The first kappa shape index (κ1) is 29.7. The van der Waals surface area contributed by atoms with E-state index in [1.54, 1.807) is 12.1 Å². The number of aliphatic carboxylic acids is 1. The maximum atomic E-state index is 14.0. The molecule has 12 heteroatoms. The van der Waals surface area contributed by atoms with Gasteiger partial charge in [-0.3, -0.25) is 14.5 Å². The fraction of sp³-hybridized carbons (Fsp3) is 0.548. The highest BCUT2D eigenvalue weighted by atomic mass is 19.4. The molecule has 1 aliphatic carbocycles. The summed E-state index contributed by atoms with van der Waals surface area (Å²) < 4.78 is 71.4. The number of carbonyl (C=O) groups is 2. The van der Waals surface area contributed by atoms with Gasteiger partial charge in [0, 0.05) is 18.2 Å². The van der Waals surface area contributed by atoms with Crippen LogP contribution in [0.3, 0.4) is 0 Å². The maximum absolute atomic E-state index is 14.0. The van der Waals surface area contributed by atoms with Gasteiger partial charge in [-0.15, -0.1) is 0 Å². The minimum absolute atomic E-state index is 0.00868. The lowest BCUT2D eigenvalue weighted by Crippen LogP contribution is -2.59. The summed E-state index contributed by atoms with van der Waals surface area (Å²) in [6, 6.07) is 7.80. The number of carboxylic acid groups (broad SMARTS) is 1. The van der Waals surface area contributed by atoms with Crippen molar-refractivity contribution in [2.75, 3.05) is 33.5 Å². The van der Waals surface area contributed by atoms with Crippen molar-refractivity contribution < 1.29 is 46.5 Å². The number of piperidine rings is 1. The summed E-state index contributed by atoms with van der Waals surface area (Å²) in [7, 11) is 1.27. The van der Waals surface area contributed by atoms with Gasteiger partial charge in [-0.05, 0) is 80.3 Å². The van der Waals surface area contributed by atoms with Crippen LogP contribution < -0.4 is 9.47 Å².